The van der Waals surface area contributed by atoms with Gasteiger partial charge in [-0.2, -0.15) is 4.39 Å². The Bertz CT molecular complexity index is 1300. The number of unbranched alkanes of at least 4 members (excludes halogenated alkanes) is 9. The van der Waals surface area contributed by atoms with Crippen LogP contribution in [0, 0.1) is 23.3 Å². The zero-order valence-corrected chi connectivity index (χ0v) is 26.1. The Labute approximate surface area is 259 Å². The van der Waals surface area contributed by atoms with E-state index in [1.807, 2.05) is 0 Å². The van der Waals surface area contributed by atoms with E-state index in [1.54, 1.807) is 36.4 Å². The van der Waals surface area contributed by atoms with Crippen LogP contribution in [-0.4, -0.2) is 26.1 Å². The fourth-order valence-corrected chi connectivity index (χ4v) is 5.67. The first-order valence-corrected chi connectivity index (χ1v) is 16.4. The molecule has 1 heterocycles. The smallest absolute Gasteiger partial charge is 0.201 e. The van der Waals surface area contributed by atoms with Gasteiger partial charge in [0.05, 0.1) is 19.8 Å². The molecule has 7 heteroatoms. The van der Waals surface area contributed by atoms with Crippen molar-refractivity contribution in [3.05, 3.63) is 77.4 Å². The highest BCUT2D eigenvalue weighted by atomic mass is 19.2. The molecule has 0 radical (unpaired) electrons. The van der Waals surface area contributed by atoms with Crippen molar-refractivity contribution in [1.82, 2.24) is 0 Å². The van der Waals surface area contributed by atoms with Gasteiger partial charge in [0.1, 0.15) is 0 Å². The molecule has 3 aromatic carbocycles. The first-order valence-electron chi connectivity index (χ1n) is 16.4. The van der Waals surface area contributed by atoms with Gasteiger partial charge in [0.15, 0.2) is 29.5 Å². The van der Waals surface area contributed by atoms with E-state index >= 15 is 8.78 Å². The summed E-state index contributed by atoms with van der Waals surface area (Å²) in [6.45, 7) is 5.21. The Balaban J connectivity index is 1.35. The predicted molar refractivity (Wildman–Crippen MR) is 168 cm³/mol. The number of hydrogen-bond donors (Lipinski definition) is 0. The van der Waals surface area contributed by atoms with Crippen molar-refractivity contribution in [2.45, 2.75) is 103 Å². The average molecular weight is 615 g/mol. The highest BCUT2D eigenvalue weighted by Crippen LogP contribution is 2.35. The Hall–Kier alpha value is -2.90. The van der Waals surface area contributed by atoms with Crippen molar-refractivity contribution in [3.8, 4) is 28.0 Å². The number of ether oxygens (including phenoxy) is 3. The van der Waals surface area contributed by atoms with Crippen LogP contribution in [0.2, 0.25) is 0 Å². The highest BCUT2D eigenvalue weighted by Gasteiger charge is 2.27. The molecular formula is C37H46F4O3. The van der Waals surface area contributed by atoms with Gasteiger partial charge in [-0.05, 0) is 48.1 Å². The molecule has 0 bridgehead atoms. The van der Waals surface area contributed by atoms with E-state index in [1.165, 1.54) is 50.7 Å². The predicted octanol–water partition coefficient (Wildman–Crippen LogP) is 11.1. The summed E-state index contributed by atoms with van der Waals surface area (Å²) in [6, 6.07) is 12.3. The molecule has 0 atom stereocenters. The van der Waals surface area contributed by atoms with E-state index in [2.05, 4.69) is 13.8 Å². The van der Waals surface area contributed by atoms with Gasteiger partial charge in [0.25, 0.3) is 0 Å². The summed E-state index contributed by atoms with van der Waals surface area (Å²) >= 11 is 0. The normalized spacial score (nSPS) is 16.8. The lowest BCUT2D eigenvalue weighted by Crippen LogP contribution is -2.31. The van der Waals surface area contributed by atoms with Crippen molar-refractivity contribution in [3.63, 3.8) is 0 Å². The summed E-state index contributed by atoms with van der Waals surface area (Å²) in [4.78, 5) is 0. The monoisotopic (exact) mass is 614 g/mol. The Morgan fingerprint density at radius 2 is 1.11 bits per heavy atom. The summed E-state index contributed by atoms with van der Waals surface area (Å²) in [6.07, 6.45) is 12.7. The van der Waals surface area contributed by atoms with Gasteiger partial charge in [-0.15, -0.1) is 0 Å². The lowest BCUT2D eigenvalue weighted by atomic mass is 9.94. The van der Waals surface area contributed by atoms with E-state index in [-0.39, 0.29) is 41.9 Å². The van der Waals surface area contributed by atoms with E-state index in [0.717, 1.165) is 38.5 Å². The second-order valence-electron chi connectivity index (χ2n) is 11.8. The van der Waals surface area contributed by atoms with Crippen LogP contribution in [0.4, 0.5) is 17.6 Å². The van der Waals surface area contributed by atoms with Gasteiger partial charge in [0.2, 0.25) is 5.82 Å². The van der Waals surface area contributed by atoms with Gasteiger partial charge in [0, 0.05) is 17.0 Å². The van der Waals surface area contributed by atoms with Crippen molar-refractivity contribution in [2.24, 2.45) is 0 Å². The molecule has 0 spiro atoms. The molecular weight excluding hydrogens is 568 g/mol. The molecule has 1 fully saturated rings. The molecule has 0 N–H and O–H groups in total. The topological polar surface area (TPSA) is 27.7 Å². The zero-order chi connectivity index (χ0) is 31.3. The molecule has 3 aromatic rings. The van der Waals surface area contributed by atoms with E-state index < -0.39 is 29.2 Å². The van der Waals surface area contributed by atoms with Gasteiger partial charge in [-0.3, -0.25) is 0 Å². The summed E-state index contributed by atoms with van der Waals surface area (Å²) in [7, 11) is 0. The van der Waals surface area contributed by atoms with E-state index in [0.29, 0.717) is 17.7 Å². The van der Waals surface area contributed by atoms with Crippen LogP contribution >= 0.6 is 0 Å². The van der Waals surface area contributed by atoms with E-state index in [4.69, 9.17) is 14.2 Å². The molecule has 1 aliphatic heterocycles. The third-order valence-corrected chi connectivity index (χ3v) is 8.37. The van der Waals surface area contributed by atoms with Crippen LogP contribution < -0.4 is 4.74 Å². The molecule has 0 aromatic heterocycles. The largest absolute Gasteiger partial charge is 0.490 e. The maximum atomic E-state index is 15.3. The molecule has 44 heavy (non-hydrogen) atoms. The van der Waals surface area contributed by atoms with E-state index in [9.17, 15) is 8.78 Å². The minimum Gasteiger partial charge on any atom is -0.490 e. The lowest BCUT2D eigenvalue weighted by molar-refractivity contribution is -0.190. The number of benzene rings is 3. The summed E-state index contributed by atoms with van der Waals surface area (Å²) in [5.74, 6) is -4.43. The fraction of sp³-hybridized carbons (Fsp3) is 0.514. The average Bonchev–Trinajstić information content (AvgIpc) is 3.04. The minimum atomic E-state index is -1.03. The van der Waals surface area contributed by atoms with Crippen LogP contribution in [-0.2, 0) is 9.47 Å². The van der Waals surface area contributed by atoms with Crippen molar-refractivity contribution >= 4 is 0 Å². The number of rotatable bonds is 17. The molecule has 0 saturated carbocycles. The summed E-state index contributed by atoms with van der Waals surface area (Å²) in [5.41, 5.74) is 1.22. The van der Waals surface area contributed by atoms with Crippen LogP contribution in [0.15, 0.2) is 48.5 Å². The Morgan fingerprint density at radius 3 is 1.73 bits per heavy atom. The molecule has 1 aliphatic rings. The highest BCUT2D eigenvalue weighted by molar-refractivity contribution is 5.72. The quantitative estimate of drug-likeness (QED) is 0.112. The molecule has 0 unspecified atom stereocenters. The second-order valence-corrected chi connectivity index (χ2v) is 11.8. The zero-order valence-electron chi connectivity index (χ0n) is 26.1. The van der Waals surface area contributed by atoms with Crippen LogP contribution in [0.3, 0.4) is 0 Å². The van der Waals surface area contributed by atoms with Crippen LogP contribution in [0.25, 0.3) is 22.3 Å². The maximum Gasteiger partial charge on any atom is 0.201 e. The van der Waals surface area contributed by atoms with Crippen molar-refractivity contribution in [2.75, 3.05) is 19.8 Å². The SMILES string of the molecule is CCCCCCCCOc1ccc(-c2ccc(-c3ccc(C4COC(CCCCCCC)OC4)c(F)c3F)cc2)c(F)c1F. The van der Waals surface area contributed by atoms with Crippen LogP contribution in [0.5, 0.6) is 5.75 Å². The first-order chi connectivity index (χ1) is 21.4. The van der Waals surface area contributed by atoms with Crippen molar-refractivity contribution in [1.29, 1.82) is 0 Å². The van der Waals surface area contributed by atoms with Gasteiger partial charge >= 0.3 is 0 Å². The van der Waals surface area contributed by atoms with Gasteiger partial charge < -0.3 is 14.2 Å². The summed E-state index contributed by atoms with van der Waals surface area (Å²) < 4.78 is 77.3. The molecule has 0 aliphatic carbocycles. The van der Waals surface area contributed by atoms with Crippen molar-refractivity contribution < 1.29 is 31.8 Å². The Kier molecular flexibility index (Phi) is 13.6. The molecule has 1 saturated heterocycles. The number of halogens is 4. The molecule has 0 amide bonds. The minimum absolute atomic E-state index is 0.0690. The molecule has 240 valence electrons. The third kappa shape index (κ3) is 9.07. The first kappa shape index (κ1) is 34.0. The van der Waals surface area contributed by atoms with Gasteiger partial charge in [-0.25, -0.2) is 13.2 Å². The van der Waals surface area contributed by atoms with Gasteiger partial charge in [-0.1, -0.05) is 108 Å². The molecule has 3 nitrogen and oxygen atoms in total. The molecule has 4 rings (SSSR count). The summed E-state index contributed by atoms with van der Waals surface area (Å²) in [5, 5.41) is 0. The Morgan fingerprint density at radius 1 is 0.591 bits per heavy atom. The standard InChI is InChI=1S/C37H46F4O3/c1-3-5-7-9-11-13-23-42-32-22-21-30(36(40)37(32)41)27-17-15-26(16-18-27)29-19-20-31(35(39)34(29)38)28-24-43-33(44-25-28)14-12-10-8-6-4-2/h15-22,28,33H,3-14,23-25H2,1-2H3. The second kappa shape index (κ2) is 17.6. The lowest BCUT2D eigenvalue weighted by Gasteiger charge is -2.30. The number of hydrogen-bond acceptors (Lipinski definition) is 3. The maximum absolute atomic E-state index is 15.3. The van der Waals surface area contributed by atoms with Crippen LogP contribution in [0.1, 0.15) is 102 Å². The fourth-order valence-electron chi connectivity index (χ4n) is 5.67. The third-order valence-electron chi connectivity index (χ3n) is 8.37.